The first-order chi connectivity index (χ1) is 17.1. The van der Waals surface area contributed by atoms with E-state index in [1.807, 2.05) is 24.3 Å². The average molecular weight is 488 g/mol. The normalized spacial score (nSPS) is 16.9. The van der Waals surface area contributed by atoms with Crippen LogP contribution < -0.4 is 5.32 Å². The summed E-state index contributed by atoms with van der Waals surface area (Å²) >= 11 is 1.59. The van der Waals surface area contributed by atoms with Gasteiger partial charge >= 0.3 is 0 Å². The van der Waals surface area contributed by atoms with Crippen LogP contribution in [0.4, 0.5) is 0 Å². The quantitative estimate of drug-likeness (QED) is 0.287. The van der Waals surface area contributed by atoms with E-state index in [4.69, 9.17) is 15.8 Å². The number of aliphatic imine (C=N–C) groups is 1. The van der Waals surface area contributed by atoms with Gasteiger partial charge in [-0.3, -0.25) is 10.8 Å². The standard InChI is InChI=1S/C29H37N5S/c1-3-5-7-12-18-34(19-13-8-6-4-2)29-33-28(31)26(35-29)25-24-20-22(21-14-10-9-11-15-21)16-17-23(24)27(30)32-25/h9-11,14-17,20,31H,3-8,12-13,18-19H2,1-2H3,(H2,30,32)/b26-25+,31-28?. The summed E-state index contributed by atoms with van der Waals surface area (Å²) in [6, 6.07) is 16.5. The minimum absolute atomic E-state index is 0.297. The minimum atomic E-state index is 0.297. The van der Waals surface area contributed by atoms with Gasteiger partial charge in [-0.1, -0.05) is 88.8 Å². The Balaban J connectivity index is 1.57. The fraction of sp³-hybridized carbons (Fsp3) is 0.414. The van der Waals surface area contributed by atoms with Crippen molar-refractivity contribution in [2.75, 3.05) is 13.1 Å². The topological polar surface area (TPSA) is 75.3 Å². The molecule has 184 valence electrons. The van der Waals surface area contributed by atoms with E-state index < -0.39 is 0 Å². The van der Waals surface area contributed by atoms with Crippen LogP contribution in [0.25, 0.3) is 16.8 Å². The van der Waals surface area contributed by atoms with Gasteiger partial charge < -0.3 is 10.2 Å². The van der Waals surface area contributed by atoms with E-state index in [0.29, 0.717) is 11.7 Å². The Morgan fingerprint density at radius 2 is 1.49 bits per heavy atom. The Morgan fingerprint density at radius 3 is 2.14 bits per heavy atom. The fourth-order valence-electron chi connectivity index (χ4n) is 4.59. The molecule has 0 bridgehead atoms. The molecule has 35 heavy (non-hydrogen) atoms. The summed E-state index contributed by atoms with van der Waals surface area (Å²) < 4.78 is 0. The number of fused-ring (bicyclic) bond motifs is 1. The van der Waals surface area contributed by atoms with Crippen molar-refractivity contribution in [2.45, 2.75) is 65.2 Å². The molecule has 0 saturated heterocycles. The Hall–Kier alpha value is -2.86. The van der Waals surface area contributed by atoms with Gasteiger partial charge in [0, 0.05) is 24.2 Å². The highest BCUT2D eigenvalue weighted by Crippen LogP contribution is 2.39. The van der Waals surface area contributed by atoms with Gasteiger partial charge in [0.15, 0.2) is 11.0 Å². The molecule has 0 aliphatic carbocycles. The van der Waals surface area contributed by atoms with Crippen LogP contribution >= 0.6 is 11.8 Å². The molecule has 3 N–H and O–H groups in total. The molecular weight excluding hydrogens is 450 g/mol. The molecule has 0 aromatic heterocycles. The number of amidine groups is 3. The third-order valence-corrected chi connectivity index (χ3v) is 7.73. The molecule has 0 fully saturated rings. The van der Waals surface area contributed by atoms with Crippen LogP contribution in [0.5, 0.6) is 0 Å². The second-order valence-corrected chi connectivity index (χ2v) is 10.3. The van der Waals surface area contributed by atoms with Gasteiger partial charge in [-0.05, 0) is 47.9 Å². The summed E-state index contributed by atoms with van der Waals surface area (Å²) in [6.07, 6.45) is 9.78. The minimum Gasteiger partial charge on any atom is -0.351 e. The number of rotatable bonds is 11. The number of hydrogen-bond donors (Lipinski definition) is 3. The maximum Gasteiger partial charge on any atom is 0.171 e. The van der Waals surface area contributed by atoms with Gasteiger partial charge in [0.2, 0.25) is 0 Å². The lowest BCUT2D eigenvalue weighted by molar-refractivity contribution is 0.393. The molecule has 0 spiro atoms. The van der Waals surface area contributed by atoms with Crippen LogP contribution in [-0.4, -0.2) is 34.8 Å². The molecule has 2 aromatic rings. The van der Waals surface area contributed by atoms with Crippen LogP contribution in [0.2, 0.25) is 0 Å². The zero-order chi connectivity index (χ0) is 24.6. The Kier molecular flexibility index (Phi) is 8.80. The predicted octanol–water partition coefficient (Wildman–Crippen LogP) is 7.49. The Morgan fingerprint density at radius 1 is 0.800 bits per heavy atom. The van der Waals surface area contributed by atoms with Crippen molar-refractivity contribution >= 4 is 34.3 Å². The molecule has 2 heterocycles. The number of hydrogen-bond acceptors (Lipinski definition) is 4. The molecule has 2 aliphatic heterocycles. The van der Waals surface area contributed by atoms with E-state index in [1.54, 1.807) is 11.8 Å². The summed E-state index contributed by atoms with van der Waals surface area (Å²) in [5, 5.41) is 21.4. The first-order valence-corrected chi connectivity index (χ1v) is 13.8. The monoisotopic (exact) mass is 487 g/mol. The van der Waals surface area contributed by atoms with Gasteiger partial charge in [0.1, 0.15) is 5.84 Å². The van der Waals surface area contributed by atoms with E-state index >= 15 is 0 Å². The zero-order valence-electron chi connectivity index (χ0n) is 21.0. The molecular formula is C29H37N5S. The van der Waals surface area contributed by atoms with Crippen LogP contribution in [0.3, 0.4) is 0 Å². The third kappa shape index (κ3) is 6.04. The van der Waals surface area contributed by atoms with Crippen molar-refractivity contribution in [1.29, 1.82) is 10.8 Å². The van der Waals surface area contributed by atoms with Crippen molar-refractivity contribution in [3.05, 3.63) is 64.6 Å². The van der Waals surface area contributed by atoms with Crippen molar-refractivity contribution in [2.24, 2.45) is 4.99 Å². The van der Waals surface area contributed by atoms with Crippen LogP contribution in [0, 0.1) is 10.8 Å². The number of unbranched alkanes of at least 4 members (excludes halogenated alkanes) is 6. The molecule has 2 aliphatic rings. The van der Waals surface area contributed by atoms with Crippen LogP contribution in [0.1, 0.15) is 76.3 Å². The lowest BCUT2D eigenvalue weighted by Crippen LogP contribution is -2.30. The molecule has 4 rings (SSSR count). The molecule has 0 saturated carbocycles. The highest BCUT2D eigenvalue weighted by atomic mass is 32.2. The van der Waals surface area contributed by atoms with Crippen molar-refractivity contribution in [3.8, 4) is 11.1 Å². The highest BCUT2D eigenvalue weighted by molar-refractivity contribution is 8.18. The summed E-state index contributed by atoms with van der Waals surface area (Å²) in [6.45, 7) is 6.47. The molecule has 0 radical (unpaired) electrons. The first kappa shape index (κ1) is 25.2. The number of nitrogens with zero attached hydrogens (tertiary/aromatic N) is 2. The van der Waals surface area contributed by atoms with E-state index in [-0.39, 0.29) is 0 Å². The second kappa shape index (κ2) is 12.2. The van der Waals surface area contributed by atoms with Gasteiger partial charge in [-0.2, -0.15) is 0 Å². The summed E-state index contributed by atoms with van der Waals surface area (Å²) in [5.74, 6) is 0.685. The molecule has 0 unspecified atom stereocenters. The van der Waals surface area contributed by atoms with Crippen molar-refractivity contribution in [1.82, 2.24) is 10.2 Å². The van der Waals surface area contributed by atoms with Crippen LogP contribution in [0.15, 0.2) is 58.4 Å². The number of benzene rings is 2. The maximum absolute atomic E-state index is 8.70. The largest absolute Gasteiger partial charge is 0.351 e. The van der Waals surface area contributed by atoms with Gasteiger partial charge in [-0.15, -0.1) is 0 Å². The zero-order valence-corrected chi connectivity index (χ0v) is 21.8. The SMILES string of the molecule is CCCCCCN(CCCCCC)C1=NC(=N)/C(=C2\NC(=N)c3ccc(-c4ccccc4)cc32)S1. The Labute approximate surface area is 214 Å². The summed E-state index contributed by atoms with van der Waals surface area (Å²) in [4.78, 5) is 7.92. The summed E-state index contributed by atoms with van der Waals surface area (Å²) in [7, 11) is 0. The van der Waals surface area contributed by atoms with E-state index in [9.17, 15) is 0 Å². The first-order valence-electron chi connectivity index (χ1n) is 13.0. The molecule has 6 heteroatoms. The predicted molar refractivity (Wildman–Crippen MR) is 151 cm³/mol. The van der Waals surface area contributed by atoms with Gasteiger partial charge in [-0.25, -0.2) is 4.99 Å². The second-order valence-electron chi connectivity index (χ2n) is 9.28. The average Bonchev–Trinajstić information content (AvgIpc) is 3.42. The molecule has 0 atom stereocenters. The van der Waals surface area contributed by atoms with E-state index in [0.717, 1.165) is 64.0 Å². The van der Waals surface area contributed by atoms with E-state index in [2.05, 4.69) is 48.3 Å². The Bertz CT molecular complexity index is 1110. The lowest BCUT2D eigenvalue weighted by Gasteiger charge is -2.23. The number of thioether (sulfide) groups is 1. The molecule has 5 nitrogen and oxygen atoms in total. The lowest BCUT2D eigenvalue weighted by atomic mass is 9.99. The van der Waals surface area contributed by atoms with Crippen molar-refractivity contribution < 1.29 is 0 Å². The fourth-order valence-corrected chi connectivity index (χ4v) is 5.63. The smallest absolute Gasteiger partial charge is 0.171 e. The number of nitrogens with one attached hydrogen (secondary N) is 3. The maximum atomic E-state index is 8.70. The summed E-state index contributed by atoms with van der Waals surface area (Å²) in [5.41, 5.74) is 4.97. The highest BCUT2D eigenvalue weighted by Gasteiger charge is 2.31. The molecule has 0 amide bonds. The van der Waals surface area contributed by atoms with Crippen LogP contribution in [-0.2, 0) is 0 Å². The van der Waals surface area contributed by atoms with E-state index in [1.165, 1.54) is 38.5 Å². The van der Waals surface area contributed by atoms with Crippen molar-refractivity contribution in [3.63, 3.8) is 0 Å². The van der Waals surface area contributed by atoms with Gasteiger partial charge in [0.05, 0.1) is 10.6 Å². The third-order valence-electron chi connectivity index (χ3n) is 6.59. The van der Waals surface area contributed by atoms with Gasteiger partial charge in [0.25, 0.3) is 0 Å². The molecule has 2 aromatic carbocycles.